The summed E-state index contributed by atoms with van der Waals surface area (Å²) >= 11 is 0. The molecule has 0 amide bonds. The summed E-state index contributed by atoms with van der Waals surface area (Å²) in [5.74, 6) is -1.19. The molecule has 0 aromatic rings. The molecule has 0 bridgehead atoms. The number of carbonyl (C=O) groups excluding carboxylic acids is 3. The van der Waals surface area contributed by atoms with Crippen LogP contribution >= 0.6 is 0 Å². The second-order valence-corrected chi connectivity index (χ2v) is 17.4. The zero-order valence-electron chi connectivity index (χ0n) is 45.8. The molecule has 0 rings (SSSR count). The third kappa shape index (κ3) is 57.0. The van der Waals surface area contributed by atoms with Crippen molar-refractivity contribution in [2.45, 2.75) is 194 Å². The molecule has 0 spiro atoms. The molecule has 0 aromatic carbocycles. The molecule has 0 aromatic heterocycles. The molecule has 0 saturated heterocycles. The third-order valence-corrected chi connectivity index (χ3v) is 10.6. The van der Waals surface area contributed by atoms with Crippen molar-refractivity contribution < 1.29 is 28.6 Å². The van der Waals surface area contributed by atoms with Gasteiger partial charge in [-0.05, 0) is 135 Å². The number of carbonyl (C=O) groups is 3. The van der Waals surface area contributed by atoms with Crippen molar-refractivity contribution in [3.8, 4) is 0 Å². The van der Waals surface area contributed by atoms with Gasteiger partial charge in [0.1, 0.15) is 13.2 Å². The molecule has 1 unspecified atom stereocenters. The molecule has 73 heavy (non-hydrogen) atoms. The van der Waals surface area contributed by atoms with Crippen LogP contribution in [0.3, 0.4) is 0 Å². The SMILES string of the molecule is CC/C=C\C/C=C\C/C=C\C/C=C\C/C=C\C/C=C\C/C=C\CCCC(=O)OCC(COC(=O)C/C=C\C/C=C\C/C=C\C/C=C\C/C=C\CC)OC(=O)CCCCCC/C=C\C/C=C\C/C=C\C/C=C\CC. The van der Waals surface area contributed by atoms with E-state index in [4.69, 9.17) is 14.2 Å². The van der Waals surface area contributed by atoms with Crippen LogP contribution in [-0.2, 0) is 28.6 Å². The van der Waals surface area contributed by atoms with Gasteiger partial charge in [-0.1, -0.05) is 228 Å². The molecule has 0 radical (unpaired) electrons. The molecule has 6 heteroatoms. The van der Waals surface area contributed by atoms with Crippen molar-refractivity contribution in [2.24, 2.45) is 0 Å². The minimum absolute atomic E-state index is 0.0997. The lowest BCUT2D eigenvalue weighted by atomic mass is 10.1. The highest BCUT2D eigenvalue weighted by molar-refractivity contribution is 5.72. The van der Waals surface area contributed by atoms with E-state index in [1.807, 2.05) is 6.08 Å². The Bertz CT molecular complexity index is 1810. The van der Waals surface area contributed by atoms with Gasteiger partial charge >= 0.3 is 17.9 Å². The first-order valence-electron chi connectivity index (χ1n) is 27.9. The molecule has 6 nitrogen and oxygen atoms in total. The topological polar surface area (TPSA) is 78.9 Å². The third-order valence-electron chi connectivity index (χ3n) is 10.6. The minimum Gasteiger partial charge on any atom is -0.462 e. The molecule has 0 aliphatic carbocycles. The van der Waals surface area contributed by atoms with E-state index < -0.39 is 12.1 Å². The summed E-state index contributed by atoms with van der Waals surface area (Å²) in [5, 5.41) is 0. The van der Waals surface area contributed by atoms with Crippen molar-refractivity contribution in [1.29, 1.82) is 0 Å². The minimum atomic E-state index is -0.867. The smallest absolute Gasteiger partial charge is 0.309 e. The summed E-state index contributed by atoms with van der Waals surface area (Å²) in [6.45, 7) is 6.10. The average Bonchev–Trinajstić information content (AvgIpc) is 3.39. The molecular weight excluding hydrogens is 901 g/mol. The Morgan fingerprint density at radius 2 is 0.562 bits per heavy atom. The van der Waals surface area contributed by atoms with Gasteiger partial charge < -0.3 is 14.2 Å². The standard InChI is InChI=1S/C67H98O6/c1-4-7-10-13-16-19-22-25-28-30-31-32-33-34-35-37-39-42-45-48-51-54-57-60-66(69)72-63-64(62-71-65(68)59-56-53-50-47-44-41-38-27-24-21-18-15-12-9-6-3)73-67(70)61-58-55-52-49-46-43-40-36-29-26-23-20-17-14-11-8-5-2/h7-12,16-21,25-29,31-32,34-35,38-40,42-44,47-48,51,53,56,64H,4-6,13-15,22-24,30,33,36-37,41,45-46,49-50,52,54-55,57-63H2,1-3H3/b10-7-,11-8-,12-9-,19-16-,20-17-,21-18-,28-25-,29-26-,32-31-,35-34-,38-27-,42-39-,43-40-,47-44-,51-48-,56-53-. The average molecular weight is 1000 g/mol. The van der Waals surface area contributed by atoms with Crippen LogP contribution in [0.1, 0.15) is 188 Å². The number of ether oxygens (including phenoxy) is 3. The summed E-state index contributed by atoms with van der Waals surface area (Å²) in [7, 11) is 0. The van der Waals surface area contributed by atoms with Crippen LogP contribution in [-0.4, -0.2) is 37.2 Å². The lowest BCUT2D eigenvalue weighted by molar-refractivity contribution is -0.166. The first kappa shape index (κ1) is 67.2. The quantitative estimate of drug-likeness (QED) is 0.0262. The maximum Gasteiger partial charge on any atom is 0.309 e. The molecule has 0 saturated carbocycles. The Hall–Kier alpha value is -5.75. The maximum atomic E-state index is 12.8. The Balaban J connectivity index is 4.67. The lowest BCUT2D eigenvalue weighted by Crippen LogP contribution is -2.30. The summed E-state index contributed by atoms with van der Waals surface area (Å²) in [6.07, 6.45) is 90.2. The Kier molecular flexibility index (Phi) is 54.2. The zero-order valence-corrected chi connectivity index (χ0v) is 45.8. The highest BCUT2D eigenvalue weighted by Crippen LogP contribution is 2.10. The van der Waals surface area contributed by atoms with Crippen LogP contribution in [0.15, 0.2) is 194 Å². The van der Waals surface area contributed by atoms with Gasteiger partial charge in [0.25, 0.3) is 0 Å². The largest absolute Gasteiger partial charge is 0.462 e. The molecule has 0 N–H and O–H groups in total. The van der Waals surface area contributed by atoms with Gasteiger partial charge in [-0.25, -0.2) is 0 Å². The molecule has 0 aliphatic rings. The van der Waals surface area contributed by atoms with Crippen molar-refractivity contribution >= 4 is 17.9 Å². The first-order valence-corrected chi connectivity index (χ1v) is 27.9. The van der Waals surface area contributed by atoms with Crippen LogP contribution in [0.4, 0.5) is 0 Å². The fraction of sp³-hybridized carbons (Fsp3) is 0.478. The predicted octanol–water partition coefficient (Wildman–Crippen LogP) is 19.1. The summed E-state index contributed by atoms with van der Waals surface area (Å²) in [4.78, 5) is 38.1. The van der Waals surface area contributed by atoms with Crippen molar-refractivity contribution in [3.05, 3.63) is 194 Å². The number of rotatable bonds is 47. The van der Waals surface area contributed by atoms with E-state index in [0.29, 0.717) is 19.3 Å². The number of unbranched alkanes of at least 4 members (excludes halogenated alkanes) is 5. The van der Waals surface area contributed by atoms with Crippen LogP contribution in [0.2, 0.25) is 0 Å². The Morgan fingerprint density at radius 1 is 0.288 bits per heavy atom. The molecule has 1 atom stereocenters. The van der Waals surface area contributed by atoms with E-state index in [9.17, 15) is 14.4 Å². The van der Waals surface area contributed by atoms with Gasteiger partial charge in [0, 0.05) is 12.8 Å². The zero-order chi connectivity index (χ0) is 52.9. The van der Waals surface area contributed by atoms with Crippen LogP contribution < -0.4 is 0 Å². The van der Waals surface area contributed by atoms with Gasteiger partial charge in [-0.2, -0.15) is 0 Å². The van der Waals surface area contributed by atoms with Gasteiger partial charge in [0.05, 0.1) is 6.42 Å². The number of hydrogen-bond donors (Lipinski definition) is 0. The second-order valence-electron chi connectivity index (χ2n) is 17.4. The first-order chi connectivity index (χ1) is 36.0. The van der Waals surface area contributed by atoms with Crippen molar-refractivity contribution in [3.63, 3.8) is 0 Å². The normalized spacial score (nSPS) is 13.6. The fourth-order valence-electron chi connectivity index (χ4n) is 6.55. The number of allylic oxidation sites excluding steroid dienone is 31. The highest BCUT2D eigenvalue weighted by Gasteiger charge is 2.19. The van der Waals surface area contributed by atoms with Crippen LogP contribution in [0.25, 0.3) is 0 Å². The number of hydrogen-bond acceptors (Lipinski definition) is 6. The maximum absolute atomic E-state index is 12.8. The molecule has 0 heterocycles. The van der Waals surface area contributed by atoms with Crippen LogP contribution in [0.5, 0.6) is 0 Å². The second kappa shape index (κ2) is 58.8. The summed E-state index contributed by atoms with van der Waals surface area (Å²) in [5.41, 5.74) is 0. The van der Waals surface area contributed by atoms with E-state index in [0.717, 1.165) is 128 Å². The summed E-state index contributed by atoms with van der Waals surface area (Å²) < 4.78 is 16.7. The highest BCUT2D eigenvalue weighted by atomic mass is 16.6. The van der Waals surface area contributed by atoms with Crippen molar-refractivity contribution in [1.82, 2.24) is 0 Å². The van der Waals surface area contributed by atoms with Gasteiger partial charge in [0.2, 0.25) is 0 Å². The fourth-order valence-corrected chi connectivity index (χ4v) is 6.55. The van der Waals surface area contributed by atoms with E-state index in [1.165, 1.54) is 0 Å². The Morgan fingerprint density at radius 3 is 0.918 bits per heavy atom. The van der Waals surface area contributed by atoms with E-state index >= 15 is 0 Å². The van der Waals surface area contributed by atoms with Gasteiger partial charge in [-0.15, -0.1) is 0 Å². The predicted molar refractivity (Wildman–Crippen MR) is 315 cm³/mol. The molecule has 0 fully saturated rings. The van der Waals surface area contributed by atoms with E-state index in [2.05, 4.69) is 203 Å². The number of esters is 3. The molecule has 402 valence electrons. The van der Waals surface area contributed by atoms with Gasteiger partial charge in [-0.3, -0.25) is 14.4 Å². The lowest BCUT2D eigenvalue weighted by Gasteiger charge is -2.18. The van der Waals surface area contributed by atoms with Crippen LogP contribution in [0, 0.1) is 0 Å². The monoisotopic (exact) mass is 999 g/mol. The molecule has 0 aliphatic heterocycles. The van der Waals surface area contributed by atoms with Gasteiger partial charge in [0.15, 0.2) is 6.10 Å². The summed E-state index contributed by atoms with van der Waals surface area (Å²) in [6, 6.07) is 0. The Labute approximate surface area is 446 Å². The van der Waals surface area contributed by atoms with E-state index in [1.54, 1.807) is 6.08 Å². The molecular formula is C67H98O6. The van der Waals surface area contributed by atoms with Crippen molar-refractivity contribution in [2.75, 3.05) is 13.2 Å². The van der Waals surface area contributed by atoms with E-state index in [-0.39, 0.29) is 44.4 Å².